The molecule has 4 rings (SSSR count). The minimum absolute atomic E-state index is 0.0556. The van der Waals surface area contributed by atoms with Gasteiger partial charge in [0.15, 0.2) is 0 Å². The molecule has 2 N–H and O–H groups in total. The molecule has 0 saturated carbocycles. The molecule has 0 aromatic heterocycles. The summed E-state index contributed by atoms with van der Waals surface area (Å²) >= 11 is 0. The second-order valence-electron chi connectivity index (χ2n) is 8.36. The SMILES string of the molecule is C[C@H](NC(=O)OCC1c2ccccc2-c2ccccc21)C(=O)N1C[C@@H](C)[C@H](C(=O)O)C1. The minimum Gasteiger partial charge on any atom is -0.481 e. The van der Waals surface area contributed by atoms with Crippen LogP contribution in [0.25, 0.3) is 11.1 Å². The van der Waals surface area contributed by atoms with Gasteiger partial charge >= 0.3 is 12.1 Å². The number of likely N-dealkylation sites (tertiary alicyclic amines) is 1. The number of hydrogen-bond donors (Lipinski definition) is 2. The van der Waals surface area contributed by atoms with Crippen molar-refractivity contribution in [2.24, 2.45) is 11.8 Å². The number of nitrogens with one attached hydrogen (secondary N) is 1. The first-order valence-corrected chi connectivity index (χ1v) is 10.5. The maximum atomic E-state index is 12.6. The van der Waals surface area contributed by atoms with Gasteiger partial charge < -0.3 is 20.1 Å². The number of nitrogens with zero attached hydrogens (tertiary/aromatic N) is 1. The summed E-state index contributed by atoms with van der Waals surface area (Å²) in [4.78, 5) is 37.8. The molecule has 162 valence electrons. The number of carboxylic acid groups (broad SMARTS) is 1. The maximum absolute atomic E-state index is 12.6. The molecule has 3 atom stereocenters. The molecule has 0 unspecified atom stereocenters. The monoisotopic (exact) mass is 422 g/mol. The number of alkyl carbamates (subject to hydrolysis) is 1. The van der Waals surface area contributed by atoms with E-state index < -0.39 is 24.0 Å². The van der Waals surface area contributed by atoms with Gasteiger partial charge in [-0.3, -0.25) is 9.59 Å². The third-order valence-electron chi connectivity index (χ3n) is 6.29. The number of fused-ring (bicyclic) bond motifs is 3. The van der Waals surface area contributed by atoms with Crippen molar-refractivity contribution in [1.82, 2.24) is 10.2 Å². The molecule has 0 bridgehead atoms. The Kier molecular flexibility index (Phi) is 5.67. The fraction of sp³-hybridized carbons (Fsp3) is 0.375. The summed E-state index contributed by atoms with van der Waals surface area (Å²) in [5.41, 5.74) is 4.52. The van der Waals surface area contributed by atoms with E-state index in [9.17, 15) is 19.5 Å². The van der Waals surface area contributed by atoms with Crippen LogP contribution in [-0.2, 0) is 14.3 Å². The van der Waals surface area contributed by atoms with Crippen molar-refractivity contribution >= 4 is 18.0 Å². The molecule has 2 aliphatic rings. The number of hydrogen-bond acceptors (Lipinski definition) is 4. The lowest BCUT2D eigenvalue weighted by Crippen LogP contribution is -2.46. The van der Waals surface area contributed by atoms with Crippen LogP contribution >= 0.6 is 0 Å². The first kappa shape index (κ1) is 20.9. The normalized spacial score (nSPS) is 20.6. The summed E-state index contributed by atoms with van der Waals surface area (Å²) in [5, 5.41) is 11.8. The molecule has 2 amide bonds. The molecule has 2 aromatic carbocycles. The van der Waals surface area contributed by atoms with Crippen LogP contribution in [0.5, 0.6) is 0 Å². The zero-order valence-electron chi connectivity index (χ0n) is 17.6. The molecule has 7 heteroatoms. The van der Waals surface area contributed by atoms with Crippen LogP contribution in [0.4, 0.5) is 4.79 Å². The second-order valence-corrected chi connectivity index (χ2v) is 8.36. The van der Waals surface area contributed by atoms with Gasteiger partial charge in [0.2, 0.25) is 5.91 Å². The van der Waals surface area contributed by atoms with Crippen LogP contribution in [0, 0.1) is 11.8 Å². The van der Waals surface area contributed by atoms with E-state index in [-0.39, 0.29) is 30.9 Å². The van der Waals surface area contributed by atoms with Gasteiger partial charge in [-0.05, 0) is 35.1 Å². The van der Waals surface area contributed by atoms with Gasteiger partial charge in [0, 0.05) is 19.0 Å². The van der Waals surface area contributed by atoms with Gasteiger partial charge in [0.1, 0.15) is 12.6 Å². The van der Waals surface area contributed by atoms with Crippen molar-refractivity contribution in [3.8, 4) is 11.1 Å². The van der Waals surface area contributed by atoms with Gasteiger partial charge in [0.05, 0.1) is 5.92 Å². The molecule has 0 spiro atoms. The van der Waals surface area contributed by atoms with Crippen molar-refractivity contribution in [3.05, 3.63) is 59.7 Å². The Morgan fingerprint density at radius 2 is 1.65 bits per heavy atom. The first-order chi connectivity index (χ1) is 14.9. The van der Waals surface area contributed by atoms with Gasteiger partial charge in [-0.1, -0.05) is 55.5 Å². The standard InChI is InChI=1S/C24H26N2O5/c1-14-11-26(12-20(14)23(28)29)22(27)15(2)25-24(30)31-13-21-18-9-5-3-7-16(18)17-8-4-6-10-19(17)21/h3-10,14-15,20-21H,11-13H2,1-2H3,(H,25,30)(H,28,29)/t14-,15+,20-/m1/s1. The summed E-state index contributed by atoms with van der Waals surface area (Å²) < 4.78 is 5.49. The Morgan fingerprint density at radius 1 is 1.06 bits per heavy atom. The summed E-state index contributed by atoms with van der Waals surface area (Å²) in [7, 11) is 0. The van der Waals surface area contributed by atoms with Crippen LogP contribution in [-0.4, -0.2) is 53.7 Å². The number of carbonyl (C=O) groups excluding carboxylic acids is 2. The van der Waals surface area contributed by atoms with Crippen LogP contribution in [0.3, 0.4) is 0 Å². The Morgan fingerprint density at radius 3 is 2.19 bits per heavy atom. The fourth-order valence-electron chi connectivity index (χ4n) is 4.62. The highest BCUT2D eigenvalue weighted by molar-refractivity contribution is 5.86. The zero-order valence-corrected chi connectivity index (χ0v) is 17.6. The predicted molar refractivity (Wildman–Crippen MR) is 115 cm³/mol. The van der Waals surface area contributed by atoms with Crippen molar-refractivity contribution in [1.29, 1.82) is 0 Å². The number of benzene rings is 2. The summed E-state index contributed by atoms with van der Waals surface area (Å²) in [6.07, 6.45) is -0.662. The lowest BCUT2D eigenvalue weighted by atomic mass is 9.98. The average molecular weight is 422 g/mol. The number of ether oxygens (including phenoxy) is 1. The largest absolute Gasteiger partial charge is 0.481 e. The van der Waals surface area contributed by atoms with E-state index >= 15 is 0 Å². The van der Waals surface area contributed by atoms with Crippen molar-refractivity contribution in [2.45, 2.75) is 25.8 Å². The topological polar surface area (TPSA) is 95.9 Å². The fourth-order valence-corrected chi connectivity index (χ4v) is 4.62. The number of amides is 2. The van der Waals surface area contributed by atoms with Gasteiger partial charge in [0.25, 0.3) is 0 Å². The van der Waals surface area contributed by atoms with E-state index in [0.29, 0.717) is 6.54 Å². The maximum Gasteiger partial charge on any atom is 0.407 e. The van der Waals surface area contributed by atoms with E-state index in [4.69, 9.17) is 4.74 Å². The van der Waals surface area contributed by atoms with Crippen LogP contribution in [0.2, 0.25) is 0 Å². The van der Waals surface area contributed by atoms with Gasteiger partial charge in [-0.25, -0.2) is 4.79 Å². The molecule has 1 aliphatic carbocycles. The lowest BCUT2D eigenvalue weighted by Gasteiger charge is -2.22. The van der Waals surface area contributed by atoms with E-state index in [1.54, 1.807) is 6.92 Å². The molecule has 0 radical (unpaired) electrons. The summed E-state index contributed by atoms with van der Waals surface area (Å²) in [6.45, 7) is 4.10. The Labute approximate surface area is 181 Å². The molecule has 2 aromatic rings. The highest BCUT2D eigenvalue weighted by Gasteiger charge is 2.38. The van der Waals surface area contributed by atoms with Crippen LogP contribution in [0.15, 0.2) is 48.5 Å². The van der Waals surface area contributed by atoms with Crippen molar-refractivity contribution in [2.75, 3.05) is 19.7 Å². The zero-order chi connectivity index (χ0) is 22.1. The quantitative estimate of drug-likeness (QED) is 0.772. The number of carboxylic acids is 1. The first-order valence-electron chi connectivity index (χ1n) is 10.5. The predicted octanol–water partition coefficient (Wildman–Crippen LogP) is 3.09. The van der Waals surface area contributed by atoms with E-state index in [2.05, 4.69) is 17.4 Å². The van der Waals surface area contributed by atoms with Gasteiger partial charge in [-0.15, -0.1) is 0 Å². The Bertz CT molecular complexity index is 975. The summed E-state index contributed by atoms with van der Waals surface area (Å²) in [6, 6.07) is 15.4. The Hall–Kier alpha value is -3.35. The van der Waals surface area contributed by atoms with Crippen molar-refractivity contribution < 1.29 is 24.2 Å². The van der Waals surface area contributed by atoms with E-state index in [0.717, 1.165) is 22.3 Å². The molecular weight excluding hydrogens is 396 g/mol. The van der Waals surface area contributed by atoms with Crippen LogP contribution < -0.4 is 5.32 Å². The van der Waals surface area contributed by atoms with Crippen LogP contribution in [0.1, 0.15) is 30.9 Å². The molecular formula is C24H26N2O5. The molecule has 1 heterocycles. The lowest BCUT2D eigenvalue weighted by molar-refractivity contribution is -0.142. The summed E-state index contributed by atoms with van der Waals surface area (Å²) in [5.74, 6) is -1.96. The highest BCUT2D eigenvalue weighted by atomic mass is 16.5. The third kappa shape index (κ3) is 4.00. The number of rotatable bonds is 5. The van der Waals surface area contributed by atoms with Crippen molar-refractivity contribution in [3.63, 3.8) is 0 Å². The van der Waals surface area contributed by atoms with Gasteiger partial charge in [-0.2, -0.15) is 0 Å². The average Bonchev–Trinajstić information content (AvgIpc) is 3.30. The number of aliphatic carboxylic acids is 1. The number of carbonyl (C=O) groups is 3. The molecule has 1 saturated heterocycles. The Balaban J connectivity index is 1.36. The molecule has 1 aliphatic heterocycles. The molecule has 1 fully saturated rings. The van der Waals surface area contributed by atoms with E-state index in [1.165, 1.54) is 4.90 Å². The smallest absolute Gasteiger partial charge is 0.407 e. The minimum atomic E-state index is -0.903. The highest BCUT2D eigenvalue weighted by Crippen LogP contribution is 2.44. The second kappa shape index (κ2) is 8.41. The third-order valence-corrected chi connectivity index (χ3v) is 6.29. The molecule has 7 nitrogen and oxygen atoms in total. The molecule has 31 heavy (non-hydrogen) atoms. The van der Waals surface area contributed by atoms with E-state index in [1.807, 2.05) is 43.3 Å².